The van der Waals surface area contributed by atoms with Gasteiger partial charge in [0, 0.05) is 0 Å². The summed E-state index contributed by atoms with van der Waals surface area (Å²) in [6.45, 7) is 11.6. The van der Waals surface area contributed by atoms with Gasteiger partial charge in [-0.2, -0.15) is 0 Å². The Morgan fingerprint density at radius 1 is 0.960 bits per heavy atom. The highest BCUT2D eigenvalue weighted by atomic mass is 14.3. The van der Waals surface area contributed by atoms with Gasteiger partial charge in [-0.3, -0.25) is 0 Å². The highest BCUT2D eigenvalue weighted by Crippen LogP contribution is 2.41. The molecule has 0 aliphatic heterocycles. The van der Waals surface area contributed by atoms with Gasteiger partial charge < -0.3 is 0 Å². The van der Waals surface area contributed by atoms with Crippen molar-refractivity contribution in [3.05, 3.63) is 64.2 Å². The lowest BCUT2D eigenvalue weighted by molar-refractivity contribution is 0.647. The minimum atomic E-state index is 0.543. The van der Waals surface area contributed by atoms with Gasteiger partial charge in [-0.05, 0) is 64.5 Å². The van der Waals surface area contributed by atoms with Crippen LogP contribution in [0, 0.1) is 5.92 Å². The van der Waals surface area contributed by atoms with E-state index >= 15 is 0 Å². The Kier molecular flexibility index (Phi) is 5.47. The van der Waals surface area contributed by atoms with Crippen LogP contribution in [-0.4, -0.2) is 0 Å². The molecular formula is C25H32. The lowest BCUT2D eigenvalue weighted by atomic mass is 9.85. The molecular weight excluding hydrogens is 300 g/mol. The van der Waals surface area contributed by atoms with Crippen molar-refractivity contribution < 1.29 is 0 Å². The van der Waals surface area contributed by atoms with Crippen molar-refractivity contribution in [2.24, 2.45) is 5.92 Å². The summed E-state index contributed by atoms with van der Waals surface area (Å²) in [4.78, 5) is 0. The van der Waals surface area contributed by atoms with Gasteiger partial charge in [-0.25, -0.2) is 0 Å². The van der Waals surface area contributed by atoms with Crippen molar-refractivity contribution in [2.45, 2.75) is 66.2 Å². The number of benzene rings is 2. The first-order valence-corrected chi connectivity index (χ1v) is 10.0. The van der Waals surface area contributed by atoms with Gasteiger partial charge in [0.2, 0.25) is 0 Å². The molecule has 0 heteroatoms. The summed E-state index contributed by atoms with van der Waals surface area (Å²) in [5, 5.41) is 0. The third kappa shape index (κ3) is 3.45. The van der Waals surface area contributed by atoms with Crippen LogP contribution < -0.4 is 0 Å². The van der Waals surface area contributed by atoms with Gasteiger partial charge in [0.1, 0.15) is 0 Å². The average Bonchev–Trinajstić information content (AvgIpc) is 3.05. The van der Waals surface area contributed by atoms with Crippen LogP contribution in [0.1, 0.15) is 75.6 Å². The molecule has 0 aromatic heterocycles. The Labute approximate surface area is 154 Å². The predicted octanol–water partition coefficient (Wildman–Crippen LogP) is 7.42. The first-order chi connectivity index (χ1) is 12.1. The quantitative estimate of drug-likeness (QED) is 0.516. The maximum Gasteiger partial charge on any atom is -0.00549 e. The first kappa shape index (κ1) is 18.0. The Morgan fingerprint density at radius 3 is 2.40 bits per heavy atom. The van der Waals surface area contributed by atoms with Gasteiger partial charge in [0.05, 0.1) is 0 Å². The maximum absolute atomic E-state index is 2.51. The minimum absolute atomic E-state index is 0.543. The Morgan fingerprint density at radius 2 is 1.72 bits per heavy atom. The minimum Gasteiger partial charge on any atom is -0.0651 e. The summed E-state index contributed by atoms with van der Waals surface area (Å²) in [7, 11) is 0. The van der Waals surface area contributed by atoms with Crippen molar-refractivity contribution >= 4 is 6.08 Å². The SMILES string of the molecule is CCCc1ccc2c(c1-c1ccccc1C(C)C)C=C(C(C)CC)C2. The molecule has 0 heterocycles. The summed E-state index contributed by atoms with van der Waals surface area (Å²) in [5.41, 5.74) is 10.5. The largest absolute Gasteiger partial charge is 0.0651 e. The molecule has 0 nitrogen and oxygen atoms in total. The van der Waals surface area contributed by atoms with Crippen molar-refractivity contribution in [3.63, 3.8) is 0 Å². The van der Waals surface area contributed by atoms with Crippen LogP contribution in [-0.2, 0) is 12.8 Å². The lowest BCUT2D eigenvalue weighted by Gasteiger charge is -2.19. The molecule has 0 saturated carbocycles. The van der Waals surface area contributed by atoms with Gasteiger partial charge in [0.25, 0.3) is 0 Å². The van der Waals surface area contributed by atoms with Crippen molar-refractivity contribution in [2.75, 3.05) is 0 Å². The third-order valence-electron chi connectivity index (χ3n) is 5.76. The summed E-state index contributed by atoms with van der Waals surface area (Å²) in [6, 6.07) is 13.8. The van der Waals surface area contributed by atoms with Gasteiger partial charge in [0.15, 0.2) is 0 Å². The van der Waals surface area contributed by atoms with E-state index in [-0.39, 0.29) is 0 Å². The molecule has 1 aliphatic rings. The summed E-state index contributed by atoms with van der Waals surface area (Å²) in [6.07, 6.45) is 7.21. The van der Waals surface area contributed by atoms with E-state index in [4.69, 9.17) is 0 Å². The number of allylic oxidation sites excluding steroid dienone is 1. The molecule has 3 rings (SSSR count). The maximum atomic E-state index is 2.51. The molecule has 0 bridgehead atoms. The molecule has 0 amide bonds. The fourth-order valence-electron chi connectivity index (χ4n) is 4.09. The van der Waals surface area contributed by atoms with Crippen LogP contribution in [0.2, 0.25) is 0 Å². The number of hydrogen-bond donors (Lipinski definition) is 0. The number of aryl methyl sites for hydroxylation is 1. The van der Waals surface area contributed by atoms with E-state index in [1.807, 2.05) is 0 Å². The molecule has 0 radical (unpaired) electrons. The van der Waals surface area contributed by atoms with Crippen LogP contribution >= 0.6 is 0 Å². The highest BCUT2D eigenvalue weighted by Gasteiger charge is 2.23. The fourth-order valence-corrected chi connectivity index (χ4v) is 4.09. The van der Waals surface area contributed by atoms with E-state index in [9.17, 15) is 0 Å². The summed E-state index contributed by atoms with van der Waals surface area (Å²) >= 11 is 0. The van der Waals surface area contributed by atoms with Crippen molar-refractivity contribution in [3.8, 4) is 11.1 Å². The van der Waals surface area contributed by atoms with Crippen LogP contribution in [0.3, 0.4) is 0 Å². The second-order valence-electron chi connectivity index (χ2n) is 7.87. The molecule has 0 saturated heterocycles. The number of hydrogen-bond acceptors (Lipinski definition) is 0. The Bertz CT molecular complexity index is 777. The smallest absolute Gasteiger partial charge is 0.00549 e. The zero-order chi connectivity index (χ0) is 18.0. The van der Waals surface area contributed by atoms with Crippen molar-refractivity contribution in [1.82, 2.24) is 0 Å². The first-order valence-electron chi connectivity index (χ1n) is 10.0. The molecule has 1 unspecified atom stereocenters. The molecule has 0 N–H and O–H groups in total. The highest BCUT2D eigenvalue weighted by molar-refractivity contribution is 5.85. The molecule has 1 aliphatic carbocycles. The number of fused-ring (bicyclic) bond motifs is 1. The van der Waals surface area contributed by atoms with Crippen molar-refractivity contribution in [1.29, 1.82) is 0 Å². The summed E-state index contributed by atoms with van der Waals surface area (Å²) < 4.78 is 0. The second-order valence-corrected chi connectivity index (χ2v) is 7.87. The van der Waals surface area contributed by atoms with Gasteiger partial charge in [-0.15, -0.1) is 0 Å². The molecule has 1 atom stereocenters. The Hall–Kier alpha value is -1.82. The average molecular weight is 333 g/mol. The topological polar surface area (TPSA) is 0 Å². The van der Waals surface area contributed by atoms with E-state index in [1.165, 1.54) is 46.2 Å². The summed E-state index contributed by atoms with van der Waals surface area (Å²) in [5.74, 6) is 1.22. The van der Waals surface area contributed by atoms with E-state index in [0.717, 1.165) is 12.8 Å². The fraction of sp³-hybridized carbons (Fsp3) is 0.440. The lowest BCUT2D eigenvalue weighted by Crippen LogP contribution is -2.00. The van der Waals surface area contributed by atoms with Gasteiger partial charge in [-0.1, -0.05) is 89.1 Å². The zero-order valence-corrected chi connectivity index (χ0v) is 16.5. The standard InChI is InChI=1S/C25H32/c1-6-10-19-13-14-20-15-21(18(5)7-2)16-24(20)25(19)23-12-9-8-11-22(23)17(3)4/h8-9,11-14,16-18H,6-7,10,15H2,1-5H3. The van der Waals surface area contributed by atoms with E-state index in [0.29, 0.717) is 11.8 Å². The van der Waals surface area contributed by atoms with E-state index in [1.54, 1.807) is 5.57 Å². The zero-order valence-electron chi connectivity index (χ0n) is 16.5. The molecule has 0 fully saturated rings. The van der Waals surface area contributed by atoms with Crippen LogP contribution in [0.25, 0.3) is 17.2 Å². The molecule has 25 heavy (non-hydrogen) atoms. The molecule has 0 spiro atoms. The second kappa shape index (κ2) is 7.60. The normalized spacial score (nSPS) is 14.6. The molecule has 132 valence electrons. The Balaban J connectivity index is 2.23. The van der Waals surface area contributed by atoms with Crippen LogP contribution in [0.15, 0.2) is 42.0 Å². The van der Waals surface area contributed by atoms with E-state index in [2.05, 4.69) is 77.1 Å². The van der Waals surface area contributed by atoms with E-state index < -0.39 is 0 Å². The third-order valence-corrected chi connectivity index (χ3v) is 5.76. The monoisotopic (exact) mass is 332 g/mol. The number of rotatable bonds is 6. The predicted molar refractivity (Wildman–Crippen MR) is 111 cm³/mol. The molecule has 2 aromatic carbocycles. The van der Waals surface area contributed by atoms with Crippen LogP contribution in [0.5, 0.6) is 0 Å². The van der Waals surface area contributed by atoms with Crippen LogP contribution in [0.4, 0.5) is 0 Å². The molecule has 2 aromatic rings. The van der Waals surface area contributed by atoms with Gasteiger partial charge >= 0.3 is 0 Å².